The Morgan fingerprint density at radius 3 is 1.49 bits per heavy atom. The highest BCUT2D eigenvalue weighted by Gasteiger charge is 2.34. The van der Waals surface area contributed by atoms with Crippen molar-refractivity contribution in [3.8, 4) is 11.5 Å². The molecule has 0 N–H and O–H groups in total. The zero-order chi connectivity index (χ0) is 31.3. The third-order valence-corrected chi connectivity index (χ3v) is 5.97. The van der Waals surface area contributed by atoms with Crippen molar-refractivity contribution in [3.05, 3.63) is 40.0 Å². The molecule has 1 aromatic carbocycles. The average Bonchev–Trinajstić information content (AvgIpc) is 3.34. The van der Waals surface area contributed by atoms with Crippen LogP contribution in [0, 0.1) is 10.1 Å². The molecule has 0 saturated carbocycles. The van der Waals surface area contributed by atoms with E-state index in [1.165, 1.54) is 26.2 Å². The van der Waals surface area contributed by atoms with Gasteiger partial charge in [0.1, 0.15) is 6.61 Å². The van der Waals surface area contributed by atoms with Crippen LogP contribution in [0.3, 0.4) is 0 Å². The van der Waals surface area contributed by atoms with Gasteiger partial charge < -0.3 is 42.6 Å². The first-order valence-corrected chi connectivity index (χ1v) is 13.9. The summed E-state index contributed by atoms with van der Waals surface area (Å²) in [6.07, 6.45) is 2.25. The van der Waals surface area contributed by atoms with Crippen molar-refractivity contribution in [3.63, 3.8) is 0 Å². The number of nitro benzene ring substituents is 1. The molecular weight excluding hydrogens is 572 g/mol. The van der Waals surface area contributed by atoms with Crippen LogP contribution >= 0.6 is 0 Å². The lowest BCUT2D eigenvalue weighted by Crippen LogP contribution is -2.33. The fourth-order valence-electron chi connectivity index (χ4n) is 3.82. The van der Waals surface area contributed by atoms with E-state index in [9.17, 15) is 19.7 Å². The van der Waals surface area contributed by atoms with Crippen LogP contribution in [-0.4, -0.2) is 128 Å². The summed E-state index contributed by atoms with van der Waals surface area (Å²) >= 11 is 0. The van der Waals surface area contributed by atoms with Crippen molar-refractivity contribution in [1.82, 2.24) is 4.90 Å². The number of rotatable bonds is 26. The molecule has 0 radical (unpaired) electrons. The quantitative estimate of drug-likeness (QED) is 0.0642. The first-order valence-electron chi connectivity index (χ1n) is 13.9. The number of methoxy groups -OCH3 is 2. The SMILES string of the molecule is COCCOCCOCCOCCOCCOCCOCCOc1cc([N+](=O)[O-])c(C(C)N2C(=O)C=CC2=O)cc1OC. The summed E-state index contributed by atoms with van der Waals surface area (Å²) in [4.78, 5) is 36.2. The molecule has 1 aliphatic rings. The topological polar surface area (TPSA) is 164 Å². The predicted molar refractivity (Wildman–Crippen MR) is 151 cm³/mol. The van der Waals surface area contributed by atoms with Gasteiger partial charge in [-0.2, -0.15) is 0 Å². The molecule has 0 saturated heterocycles. The van der Waals surface area contributed by atoms with Gasteiger partial charge in [-0.15, -0.1) is 0 Å². The normalized spacial score (nSPS) is 13.6. The molecule has 0 aliphatic carbocycles. The average molecular weight is 615 g/mol. The number of benzene rings is 1. The number of ether oxygens (including phenoxy) is 9. The monoisotopic (exact) mass is 614 g/mol. The lowest BCUT2D eigenvalue weighted by atomic mass is 10.0. The molecule has 1 atom stereocenters. The second-order valence-electron chi connectivity index (χ2n) is 8.89. The molecule has 0 fully saturated rings. The van der Waals surface area contributed by atoms with E-state index >= 15 is 0 Å². The van der Waals surface area contributed by atoms with Crippen molar-refractivity contribution in [1.29, 1.82) is 0 Å². The molecule has 1 aliphatic heterocycles. The second kappa shape index (κ2) is 21.5. The van der Waals surface area contributed by atoms with Crippen molar-refractivity contribution in [2.75, 3.05) is 107 Å². The summed E-state index contributed by atoms with van der Waals surface area (Å²) in [6, 6.07) is 1.74. The number of hydrogen-bond donors (Lipinski definition) is 0. The van der Waals surface area contributed by atoms with E-state index in [0.717, 1.165) is 17.1 Å². The maximum Gasteiger partial charge on any atom is 0.278 e. The zero-order valence-corrected chi connectivity index (χ0v) is 25.0. The second-order valence-corrected chi connectivity index (χ2v) is 8.89. The minimum Gasteiger partial charge on any atom is -0.493 e. The molecule has 15 heteroatoms. The van der Waals surface area contributed by atoms with Crippen LogP contribution in [0.1, 0.15) is 18.5 Å². The molecule has 0 aromatic heterocycles. The third kappa shape index (κ3) is 13.3. The Hall–Kier alpha value is -3.18. The largest absolute Gasteiger partial charge is 0.493 e. The predicted octanol–water partition coefficient (Wildman–Crippen LogP) is 1.71. The van der Waals surface area contributed by atoms with Gasteiger partial charge in [0.05, 0.1) is 116 Å². The summed E-state index contributed by atoms with van der Waals surface area (Å²) in [5.41, 5.74) is -0.158. The van der Waals surface area contributed by atoms with Gasteiger partial charge in [0.15, 0.2) is 11.5 Å². The van der Waals surface area contributed by atoms with Crippen LogP contribution in [0.2, 0.25) is 0 Å². The number of imide groups is 1. The molecule has 43 heavy (non-hydrogen) atoms. The van der Waals surface area contributed by atoms with Gasteiger partial charge in [-0.05, 0) is 13.0 Å². The van der Waals surface area contributed by atoms with E-state index in [0.29, 0.717) is 79.3 Å². The fraction of sp³-hybridized carbons (Fsp3) is 0.643. The number of carbonyl (C=O) groups is 2. The van der Waals surface area contributed by atoms with Crippen LogP contribution in [-0.2, 0) is 42.7 Å². The molecule has 1 heterocycles. The minimum atomic E-state index is -0.881. The maximum absolute atomic E-state index is 12.1. The molecule has 242 valence electrons. The van der Waals surface area contributed by atoms with Gasteiger partial charge in [-0.25, -0.2) is 0 Å². The van der Waals surface area contributed by atoms with Gasteiger partial charge in [0.2, 0.25) is 0 Å². The summed E-state index contributed by atoms with van der Waals surface area (Å²) in [5, 5.41) is 11.8. The number of carbonyl (C=O) groups excluding carboxylic acids is 2. The Labute approximate surface area is 251 Å². The van der Waals surface area contributed by atoms with Gasteiger partial charge in [-0.3, -0.25) is 24.6 Å². The lowest BCUT2D eigenvalue weighted by molar-refractivity contribution is -0.385. The first-order chi connectivity index (χ1) is 20.9. The van der Waals surface area contributed by atoms with E-state index in [4.69, 9.17) is 42.6 Å². The molecule has 2 rings (SSSR count). The van der Waals surface area contributed by atoms with Crippen molar-refractivity contribution >= 4 is 17.5 Å². The van der Waals surface area contributed by atoms with Crippen LogP contribution in [0.4, 0.5) is 5.69 Å². The smallest absolute Gasteiger partial charge is 0.278 e. The number of nitro groups is 1. The highest BCUT2D eigenvalue weighted by atomic mass is 16.6. The van der Waals surface area contributed by atoms with Crippen molar-refractivity contribution in [2.24, 2.45) is 0 Å². The Balaban J connectivity index is 1.54. The fourth-order valence-corrected chi connectivity index (χ4v) is 3.82. The number of hydrogen-bond acceptors (Lipinski definition) is 13. The van der Waals surface area contributed by atoms with Crippen LogP contribution in [0.5, 0.6) is 11.5 Å². The maximum atomic E-state index is 12.1. The molecule has 0 bridgehead atoms. The lowest BCUT2D eigenvalue weighted by Gasteiger charge is -2.23. The van der Waals surface area contributed by atoms with E-state index in [1.807, 2.05) is 0 Å². The van der Waals surface area contributed by atoms with E-state index in [2.05, 4.69) is 0 Å². The summed E-state index contributed by atoms with van der Waals surface area (Å²) in [5.74, 6) is -0.724. The Morgan fingerprint density at radius 1 is 0.674 bits per heavy atom. The third-order valence-electron chi connectivity index (χ3n) is 5.97. The molecular formula is C28H42N2O13. The van der Waals surface area contributed by atoms with Crippen molar-refractivity contribution in [2.45, 2.75) is 13.0 Å². The molecule has 1 unspecified atom stereocenters. The highest BCUT2D eigenvalue weighted by molar-refractivity contribution is 6.13. The molecule has 1 aromatic rings. The standard InChI is InChI=1S/C28H42N2O13/c1-22(29-27(31)4-5-28(29)32)23-20-25(36-3)26(21-24(23)30(33)34)43-19-18-42-17-16-41-15-14-40-13-12-39-11-10-38-9-8-37-7-6-35-2/h4-5,20-22H,6-19H2,1-3H3. The van der Waals surface area contributed by atoms with Crippen LogP contribution in [0.25, 0.3) is 0 Å². The Bertz CT molecular complexity index is 1000. The minimum absolute atomic E-state index is 0.103. The van der Waals surface area contributed by atoms with E-state index in [1.54, 1.807) is 7.11 Å². The van der Waals surface area contributed by atoms with E-state index in [-0.39, 0.29) is 36.0 Å². The highest BCUT2D eigenvalue weighted by Crippen LogP contribution is 2.39. The number of nitrogens with zero attached hydrogens (tertiary/aromatic N) is 2. The summed E-state index contributed by atoms with van der Waals surface area (Å²) in [7, 11) is 3.02. The van der Waals surface area contributed by atoms with Crippen LogP contribution < -0.4 is 9.47 Å². The summed E-state index contributed by atoms with van der Waals surface area (Å²) < 4.78 is 48.3. The van der Waals surface area contributed by atoms with Crippen LogP contribution in [0.15, 0.2) is 24.3 Å². The molecule has 15 nitrogen and oxygen atoms in total. The Kier molecular flexibility index (Phi) is 18.0. The molecule has 2 amide bonds. The van der Waals surface area contributed by atoms with Gasteiger partial charge in [-0.1, -0.05) is 0 Å². The van der Waals surface area contributed by atoms with Gasteiger partial charge in [0, 0.05) is 19.3 Å². The van der Waals surface area contributed by atoms with E-state index < -0.39 is 22.8 Å². The first kappa shape index (κ1) is 36.0. The van der Waals surface area contributed by atoms with Gasteiger partial charge >= 0.3 is 0 Å². The molecule has 0 spiro atoms. The van der Waals surface area contributed by atoms with Crippen molar-refractivity contribution < 1.29 is 57.1 Å². The Morgan fingerprint density at radius 2 is 1.09 bits per heavy atom. The van der Waals surface area contributed by atoms with Gasteiger partial charge in [0.25, 0.3) is 17.5 Å². The zero-order valence-electron chi connectivity index (χ0n) is 25.0. The number of amides is 2. The summed E-state index contributed by atoms with van der Waals surface area (Å²) in [6.45, 7) is 7.39.